The maximum atomic E-state index is 13.9. The maximum absolute atomic E-state index is 13.9. The summed E-state index contributed by atoms with van der Waals surface area (Å²) in [7, 11) is 1.55. The van der Waals surface area contributed by atoms with Crippen LogP contribution in [0.25, 0.3) is 6.08 Å². The van der Waals surface area contributed by atoms with Crippen LogP contribution in [-0.2, 0) is 9.53 Å². The second-order valence-corrected chi connectivity index (χ2v) is 10.6. The summed E-state index contributed by atoms with van der Waals surface area (Å²) in [6, 6.07) is 18.0. The minimum absolute atomic E-state index is 0.0978. The Hall–Kier alpha value is -5.16. The number of nitrogens with zero attached hydrogens (tertiary/aromatic N) is 2. The summed E-state index contributed by atoms with van der Waals surface area (Å²) in [5, 5.41) is 0. The van der Waals surface area contributed by atoms with Gasteiger partial charge < -0.3 is 23.7 Å². The van der Waals surface area contributed by atoms with Gasteiger partial charge in [0.05, 0.1) is 41.1 Å². The molecule has 2 aliphatic rings. The lowest BCUT2D eigenvalue weighted by Gasteiger charge is -2.24. The highest BCUT2D eigenvalue weighted by Gasteiger charge is 2.34. The van der Waals surface area contributed by atoms with Gasteiger partial charge in [-0.3, -0.25) is 9.36 Å². The number of benzene rings is 3. The number of thiazole rings is 1. The molecule has 6 rings (SSSR count). The number of hydrogen-bond acceptors (Lipinski definition) is 10. The highest BCUT2D eigenvalue weighted by atomic mass is 32.1. The topological polar surface area (TPSA) is 115 Å². The van der Waals surface area contributed by atoms with Crippen LogP contribution in [0.4, 0.5) is 0 Å². The molecule has 2 aliphatic heterocycles. The van der Waals surface area contributed by atoms with E-state index < -0.39 is 18.0 Å². The van der Waals surface area contributed by atoms with E-state index in [1.807, 2.05) is 0 Å². The first-order valence-electron chi connectivity index (χ1n) is 13.4. The third kappa shape index (κ3) is 5.42. The number of carbonyl (C=O) groups excluding carboxylic acids is 2. The second kappa shape index (κ2) is 11.6. The smallest absolute Gasteiger partial charge is 0.343 e. The van der Waals surface area contributed by atoms with E-state index in [4.69, 9.17) is 23.7 Å². The molecule has 3 heterocycles. The van der Waals surface area contributed by atoms with Crippen LogP contribution in [0.15, 0.2) is 87.8 Å². The first kappa shape index (κ1) is 28.0. The number of ether oxygens (including phenoxy) is 5. The predicted octanol–water partition coefficient (Wildman–Crippen LogP) is 3.75. The molecule has 4 aromatic rings. The number of allylic oxidation sites excluding steroid dienone is 1. The summed E-state index contributed by atoms with van der Waals surface area (Å²) in [5.74, 6) is 1.08. The minimum atomic E-state index is -0.772. The molecule has 218 valence electrons. The standard InChI is InChI=1S/C32H26N2O8S/c1-4-39-31(37)27-18(2)33-32-34(28(27)21-9-14-24-25(16-21)41-17-40-24)29(35)26(43-32)15-19-5-10-23(11-6-19)42-30(36)20-7-12-22(38-3)13-8-20/h5-16,28H,4,17H2,1-3H3/b26-15-/t28-/m1/s1. The highest BCUT2D eigenvalue weighted by molar-refractivity contribution is 7.07. The van der Waals surface area contributed by atoms with Crippen LogP contribution in [0, 0.1) is 0 Å². The lowest BCUT2D eigenvalue weighted by molar-refractivity contribution is -0.139. The van der Waals surface area contributed by atoms with E-state index in [1.165, 1.54) is 15.9 Å². The van der Waals surface area contributed by atoms with Crippen molar-refractivity contribution < 1.29 is 33.3 Å². The molecule has 0 aliphatic carbocycles. The van der Waals surface area contributed by atoms with Gasteiger partial charge in [-0.2, -0.15) is 0 Å². The molecule has 0 radical (unpaired) electrons. The van der Waals surface area contributed by atoms with Gasteiger partial charge >= 0.3 is 11.9 Å². The van der Waals surface area contributed by atoms with Gasteiger partial charge in [-0.1, -0.05) is 29.5 Å². The van der Waals surface area contributed by atoms with Crippen molar-refractivity contribution >= 4 is 29.4 Å². The third-order valence-electron chi connectivity index (χ3n) is 6.94. The van der Waals surface area contributed by atoms with Gasteiger partial charge in [0.25, 0.3) is 5.56 Å². The lowest BCUT2D eigenvalue weighted by Crippen LogP contribution is -2.39. The zero-order valence-electron chi connectivity index (χ0n) is 23.5. The summed E-state index contributed by atoms with van der Waals surface area (Å²) in [5.41, 5.74) is 2.21. The van der Waals surface area contributed by atoms with Gasteiger partial charge in [0.1, 0.15) is 11.5 Å². The fourth-order valence-electron chi connectivity index (χ4n) is 4.87. The molecule has 0 amide bonds. The predicted molar refractivity (Wildman–Crippen MR) is 157 cm³/mol. The molecule has 1 atom stereocenters. The fourth-order valence-corrected chi connectivity index (χ4v) is 5.91. The summed E-state index contributed by atoms with van der Waals surface area (Å²) >= 11 is 1.22. The Bertz CT molecular complexity index is 1940. The summed E-state index contributed by atoms with van der Waals surface area (Å²) in [6.07, 6.45) is 1.74. The van der Waals surface area contributed by atoms with Crippen molar-refractivity contribution in [3.63, 3.8) is 0 Å². The maximum Gasteiger partial charge on any atom is 0.343 e. The molecule has 0 bridgehead atoms. The third-order valence-corrected chi connectivity index (χ3v) is 7.93. The molecule has 0 saturated heterocycles. The Morgan fingerprint density at radius 2 is 1.72 bits per heavy atom. The van der Waals surface area contributed by atoms with E-state index in [0.717, 1.165) is 5.56 Å². The molecule has 0 N–H and O–H groups in total. The van der Waals surface area contributed by atoms with Crippen molar-refractivity contribution in [2.75, 3.05) is 20.5 Å². The van der Waals surface area contributed by atoms with Gasteiger partial charge in [0.15, 0.2) is 16.3 Å². The van der Waals surface area contributed by atoms with Crippen LogP contribution in [0.2, 0.25) is 0 Å². The van der Waals surface area contributed by atoms with Crippen LogP contribution in [-0.4, -0.2) is 37.0 Å². The zero-order valence-corrected chi connectivity index (χ0v) is 24.3. The van der Waals surface area contributed by atoms with E-state index >= 15 is 0 Å². The molecule has 3 aromatic carbocycles. The minimum Gasteiger partial charge on any atom is -0.497 e. The molecular formula is C32H26N2O8S. The van der Waals surface area contributed by atoms with Crippen LogP contribution in [0.5, 0.6) is 23.0 Å². The second-order valence-electron chi connectivity index (χ2n) is 9.60. The average Bonchev–Trinajstić information content (AvgIpc) is 3.61. The normalized spacial score (nSPS) is 15.5. The number of methoxy groups -OCH3 is 1. The summed E-state index contributed by atoms with van der Waals surface area (Å²) in [6.45, 7) is 3.74. The van der Waals surface area contributed by atoms with Gasteiger partial charge in [-0.05, 0) is 79.6 Å². The van der Waals surface area contributed by atoms with Gasteiger partial charge in [0, 0.05) is 0 Å². The molecule has 1 aromatic heterocycles. The van der Waals surface area contributed by atoms with Crippen molar-refractivity contribution in [2.45, 2.75) is 19.9 Å². The first-order chi connectivity index (χ1) is 20.9. The van der Waals surface area contributed by atoms with Crippen molar-refractivity contribution in [1.29, 1.82) is 0 Å². The first-order valence-corrected chi connectivity index (χ1v) is 14.2. The van der Waals surface area contributed by atoms with Gasteiger partial charge in [-0.25, -0.2) is 14.6 Å². The summed E-state index contributed by atoms with van der Waals surface area (Å²) < 4.78 is 28.9. The molecule has 0 unspecified atom stereocenters. The molecule has 0 spiro atoms. The molecule has 10 nitrogen and oxygen atoms in total. The van der Waals surface area contributed by atoms with Gasteiger partial charge in [0.2, 0.25) is 6.79 Å². The SMILES string of the molecule is CCOC(=O)C1=C(C)N=c2s/c(=C\c3ccc(OC(=O)c4ccc(OC)cc4)cc3)c(=O)n2[C@@H]1c1ccc2c(c1)OCO2. The van der Waals surface area contributed by atoms with E-state index in [1.54, 1.807) is 93.8 Å². The van der Waals surface area contributed by atoms with Crippen LogP contribution < -0.4 is 33.8 Å². The number of aromatic nitrogens is 1. The number of hydrogen-bond donors (Lipinski definition) is 0. The molecule has 0 saturated carbocycles. The van der Waals surface area contributed by atoms with Gasteiger partial charge in [-0.15, -0.1) is 0 Å². The van der Waals surface area contributed by atoms with E-state index in [0.29, 0.717) is 49.2 Å². The number of esters is 2. The van der Waals surface area contributed by atoms with Crippen molar-refractivity contribution in [3.8, 4) is 23.0 Å². The molecule has 11 heteroatoms. The Labute approximate surface area is 249 Å². The van der Waals surface area contributed by atoms with Crippen LogP contribution in [0.1, 0.15) is 41.4 Å². The Kier molecular flexibility index (Phi) is 7.56. The van der Waals surface area contributed by atoms with Crippen LogP contribution in [0.3, 0.4) is 0 Å². The highest BCUT2D eigenvalue weighted by Crippen LogP contribution is 2.38. The Balaban J connectivity index is 1.34. The fraction of sp³-hybridized carbons (Fsp3) is 0.188. The summed E-state index contributed by atoms with van der Waals surface area (Å²) in [4.78, 5) is 44.6. The van der Waals surface area contributed by atoms with E-state index in [2.05, 4.69) is 4.99 Å². The quantitative estimate of drug-likeness (QED) is 0.234. The Morgan fingerprint density at radius 1 is 1.00 bits per heavy atom. The Morgan fingerprint density at radius 3 is 2.44 bits per heavy atom. The van der Waals surface area contributed by atoms with E-state index in [-0.39, 0.29) is 24.5 Å². The lowest BCUT2D eigenvalue weighted by atomic mass is 9.95. The van der Waals surface area contributed by atoms with Crippen LogP contribution >= 0.6 is 11.3 Å². The number of carbonyl (C=O) groups is 2. The van der Waals surface area contributed by atoms with Crippen molar-refractivity contribution in [1.82, 2.24) is 4.57 Å². The average molecular weight is 599 g/mol. The van der Waals surface area contributed by atoms with Crippen molar-refractivity contribution in [2.24, 2.45) is 4.99 Å². The molecule has 0 fully saturated rings. The monoisotopic (exact) mass is 598 g/mol. The number of rotatable bonds is 7. The zero-order chi connectivity index (χ0) is 30.1. The molecule has 43 heavy (non-hydrogen) atoms. The van der Waals surface area contributed by atoms with E-state index in [9.17, 15) is 14.4 Å². The molecular weight excluding hydrogens is 572 g/mol. The van der Waals surface area contributed by atoms with Crippen molar-refractivity contribution in [3.05, 3.63) is 114 Å². The largest absolute Gasteiger partial charge is 0.497 e. The number of fused-ring (bicyclic) bond motifs is 2.